The van der Waals surface area contributed by atoms with Crippen molar-refractivity contribution in [2.24, 2.45) is 0 Å². The number of nitrogens with zero attached hydrogens (tertiary/aromatic N) is 4. The average molecular weight is 641 g/mol. The van der Waals surface area contributed by atoms with Crippen LogP contribution in [0.15, 0.2) is 91.0 Å². The molecule has 1 heterocycles. The Morgan fingerprint density at radius 3 is 1.48 bits per heavy atom. The van der Waals surface area contributed by atoms with Gasteiger partial charge < -0.3 is 4.74 Å². The molecule has 1 atom stereocenters. The molecule has 0 aliphatic rings. The van der Waals surface area contributed by atoms with E-state index >= 15 is 0 Å². The summed E-state index contributed by atoms with van der Waals surface area (Å²) >= 11 is 1.99. The fraction of sp³-hybridized carbons (Fsp3) is 0.525. The van der Waals surface area contributed by atoms with E-state index in [4.69, 9.17) is 4.74 Å². The van der Waals surface area contributed by atoms with Crippen LogP contribution in [0.2, 0.25) is 0 Å². The molecule has 4 rings (SSSR count). The Balaban J connectivity index is 1.29. The van der Waals surface area contributed by atoms with Crippen LogP contribution in [0.5, 0.6) is 0 Å². The molecule has 0 saturated heterocycles. The highest BCUT2D eigenvalue weighted by Gasteiger charge is 2.38. The lowest BCUT2D eigenvalue weighted by atomic mass is 9.80. The molecule has 0 N–H and O–H groups in total. The van der Waals surface area contributed by atoms with Gasteiger partial charge in [-0.1, -0.05) is 181 Å². The van der Waals surface area contributed by atoms with Crippen molar-refractivity contribution < 1.29 is 4.74 Å². The quantitative estimate of drug-likeness (QED) is 0.0563. The molecule has 5 nitrogen and oxygen atoms in total. The van der Waals surface area contributed by atoms with Gasteiger partial charge in [0.2, 0.25) is 0 Å². The maximum absolute atomic E-state index is 7.18. The van der Waals surface area contributed by atoms with E-state index in [1.54, 1.807) is 0 Å². The van der Waals surface area contributed by atoms with Crippen LogP contribution in [-0.4, -0.2) is 38.3 Å². The molecular weight excluding hydrogens is 585 g/mol. The summed E-state index contributed by atoms with van der Waals surface area (Å²) < 4.78 is 9.13. The number of tetrazole rings is 1. The standard InChI is InChI=1S/C40H56N4OS/c1-3-4-5-6-7-8-9-10-11-12-13-14-15-25-32-46-34-39(44-35(2)41-42-43-44)33-45-40(36-26-19-16-20-27-36,37-28-21-17-22-29-37)38-30-23-18-24-31-38/h16-24,26-31,39H,3-15,25,32-34H2,1-2H3. The second kappa shape index (κ2) is 21.0. The molecule has 0 aliphatic carbocycles. The third-order valence-electron chi connectivity index (χ3n) is 8.99. The van der Waals surface area contributed by atoms with Crippen LogP contribution in [0.1, 0.15) is 125 Å². The Morgan fingerprint density at radius 2 is 1.07 bits per heavy atom. The van der Waals surface area contributed by atoms with Gasteiger partial charge >= 0.3 is 0 Å². The summed E-state index contributed by atoms with van der Waals surface area (Å²) in [5.41, 5.74) is 2.56. The van der Waals surface area contributed by atoms with Crippen LogP contribution in [0, 0.1) is 6.92 Å². The normalized spacial score (nSPS) is 12.4. The van der Waals surface area contributed by atoms with Crippen LogP contribution < -0.4 is 0 Å². The molecule has 6 heteroatoms. The molecule has 0 aliphatic heterocycles. The molecule has 4 aromatic rings. The molecule has 0 amide bonds. The largest absolute Gasteiger partial charge is 0.359 e. The molecule has 0 bridgehead atoms. The molecule has 0 spiro atoms. The lowest BCUT2D eigenvalue weighted by Crippen LogP contribution is -2.36. The number of unbranched alkanes of at least 4 members (excludes halogenated alkanes) is 13. The van der Waals surface area contributed by atoms with Gasteiger partial charge in [-0.15, -0.1) is 5.10 Å². The number of benzene rings is 3. The zero-order chi connectivity index (χ0) is 32.1. The van der Waals surface area contributed by atoms with Gasteiger partial charge in [0, 0.05) is 5.75 Å². The summed E-state index contributed by atoms with van der Waals surface area (Å²) in [5, 5.41) is 12.6. The molecule has 248 valence electrons. The van der Waals surface area contributed by atoms with Gasteiger partial charge in [0.25, 0.3) is 0 Å². The monoisotopic (exact) mass is 640 g/mol. The number of hydrogen-bond acceptors (Lipinski definition) is 5. The fourth-order valence-corrected chi connectivity index (χ4v) is 7.46. The number of aromatic nitrogens is 4. The van der Waals surface area contributed by atoms with Gasteiger partial charge in [-0.05, 0) is 46.2 Å². The van der Waals surface area contributed by atoms with Crippen molar-refractivity contribution in [1.29, 1.82) is 0 Å². The van der Waals surface area contributed by atoms with Crippen molar-refractivity contribution in [1.82, 2.24) is 20.2 Å². The van der Waals surface area contributed by atoms with E-state index in [1.807, 2.05) is 23.4 Å². The summed E-state index contributed by atoms with van der Waals surface area (Å²) in [6.07, 6.45) is 19.4. The van der Waals surface area contributed by atoms with Crippen molar-refractivity contribution in [3.8, 4) is 0 Å². The summed E-state index contributed by atoms with van der Waals surface area (Å²) in [4.78, 5) is 0. The highest BCUT2D eigenvalue weighted by Crippen LogP contribution is 2.41. The van der Waals surface area contributed by atoms with Gasteiger partial charge in [0.15, 0.2) is 0 Å². The minimum atomic E-state index is -0.761. The molecule has 0 saturated carbocycles. The first-order valence-corrected chi connectivity index (χ1v) is 19.0. The van der Waals surface area contributed by atoms with E-state index in [0.29, 0.717) is 6.61 Å². The van der Waals surface area contributed by atoms with Crippen LogP contribution in [0.4, 0.5) is 0 Å². The average Bonchev–Trinajstić information content (AvgIpc) is 3.54. The topological polar surface area (TPSA) is 52.8 Å². The number of aryl methyl sites for hydroxylation is 1. The van der Waals surface area contributed by atoms with Gasteiger partial charge in [0.05, 0.1) is 12.6 Å². The summed E-state index contributed by atoms with van der Waals surface area (Å²) in [5.74, 6) is 2.87. The molecule has 1 aromatic heterocycles. The molecule has 46 heavy (non-hydrogen) atoms. The fourth-order valence-electron chi connectivity index (χ4n) is 6.37. The Hall–Kier alpha value is -2.96. The third kappa shape index (κ3) is 11.1. The van der Waals surface area contributed by atoms with Crippen molar-refractivity contribution in [3.05, 3.63) is 114 Å². The van der Waals surface area contributed by atoms with Gasteiger partial charge in [0.1, 0.15) is 11.4 Å². The second-order valence-electron chi connectivity index (χ2n) is 12.6. The van der Waals surface area contributed by atoms with E-state index in [0.717, 1.165) is 34.0 Å². The minimum Gasteiger partial charge on any atom is -0.359 e. The Labute approximate surface area is 282 Å². The van der Waals surface area contributed by atoms with Crippen LogP contribution in [0.25, 0.3) is 0 Å². The smallest absolute Gasteiger partial charge is 0.148 e. The summed E-state index contributed by atoms with van der Waals surface area (Å²) in [7, 11) is 0. The van der Waals surface area contributed by atoms with Crippen molar-refractivity contribution in [3.63, 3.8) is 0 Å². The Kier molecular flexibility index (Phi) is 16.4. The third-order valence-corrected chi connectivity index (χ3v) is 10.2. The first-order valence-electron chi connectivity index (χ1n) is 17.9. The van der Waals surface area contributed by atoms with Crippen LogP contribution >= 0.6 is 11.8 Å². The van der Waals surface area contributed by atoms with E-state index in [9.17, 15) is 0 Å². The lowest BCUT2D eigenvalue weighted by Gasteiger charge is -2.37. The highest BCUT2D eigenvalue weighted by atomic mass is 32.2. The van der Waals surface area contributed by atoms with E-state index in [2.05, 4.69) is 113 Å². The van der Waals surface area contributed by atoms with Gasteiger partial charge in [-0.3, -0.25) is 0 Å². The molecule has 3 aromatic carbocycles. The molecule has 0 radical (unpaired) electrons. The predicted molar refractivity (Wildman–Crippen MR) is 194 cm³/mol. The number of ether oxygens (including phenoxy) is 1. The second-order valence-corrected chi connectivity index (χ2v) is 13.7. The molecule has 1 unspecified atom stereocenters. The van der Waals surface area contributed by atoms with Crippen molar-refractivity contribution >= 4 is 11.8 Å². The summed E-state index contributed by atoms with van der Waals surface area (Å²) in [6.45, 7) is 4.75. The van der Waals surface area contributed by atoms with E-state index < -0.39 is 5.60 Å². The zero-order valence-corrected chi connectivity index (χ0v) is 29.2. The first-order chi connectivity index (χ1) is 22.8. The van der Waals surface area contributed by atoms with Crippen molar-refractivity contribution in [2.75, 3.05) is 18.1 Å². The molecule has 0 fully saturated rings. The van der Waals surface area contributed by atoms with Crippen LogP contribution in [0.3, 0.4) is 0 Å². The number of hydrogen-bond donors (Lipinski definition) is 0. The number of rotatable bonds is 24. The predicted octanol–water partition coefficient (Wildman–Crippen LogP) is 10.7. The van der Waals surface area contributed by atoms with Gasteiger partial charge in [-0.2, -0.15) is 11.8 Å². The van der Waals surface area contributed by atoms with Crippen molar-refractivity contribution in [2.45, 2.75) is 115 Å². The Bertz CT molecular complexity index is 1220. The first kappa shape index (κ1) is 35.9. The maximum atomic E-state index is 7.18. The number of thioether (sulfide) groups is 1. The Morgan fingerprint density at radius 1 is 0.630 bits per heavy atom. The van der Waals surface area contributed by atoms with E-state index in [-0.39, 0.29) is 6.04 Å². The zero-order valence-electron chi connectivity index (χ0n) is 28.4. The summed E-state index contributed by atoms with van der Waals surface area (Å²) in [6, 6.07) is 31.8. The van der Waals surface area contributed by atoms with E-state index in [1.165, 1.54) is 89.9 Å². The van der Waals surface area contributed by atoms with Gasteiger partial charge in [-0.25, -0.2) is 4.68 Å². The highest BCUT2D eigenvalue weighted by molar-refractivity contribution is 7.99. The SMILES string of the molecule is CCCCCCCCCCCCCCCCSCC(COC(c1ccccc1)(c1ccccc1)c1ccccc1)n1nnnc1C. The lowest BCUT2D eigenvalue weighted by molar-refractivity contribution is -0.00436. The van der Waals surface area contributed by atoms with Crippen LogP contribution in [-0.2, 0) is 10.3 Å². The maximum Gasteiger partial charge on any atom is 0.148 e. The molecular formula is C40H56N4OS. The minimum absolute atomic E-state index is 0.0159.